The van der Waals surface area contributed by atoms with Crippen molar-refractivity contribution in [3.05, 3.63) is 108 Å². The van der Waals surface area contributed by atoms with Crippen LogP contribution in [0.25, 0.3) is 43.8 Å². The number of thiazole rings is 1. The second kappa shape index (κ2) is 17.6. The monoisotopic (exact) mass is 840 g/mol. The Morgan fingerprint density at radius 3 is 2.38 bits per heavy atom. The van der Waals surface area contributed by atoms with E-state index in [1.807, 2.05) is 94.7 Å². The Balaban J connectivity index is 0.848. The van der Waals surface area contributed by atoms with Gasteiger partial charge in [-0.05, 0) is 66.3 Å². The maximum Gasteiger partial charge on any atom is 0.246 e. The van der Waals surface area contributed by atoms with E-state index in [0.29, 0.717) is 13.1 Å². The summed E-state index contributed by atoms with van der Waals surface area (Å²) in [6.45, 7) is 12.5. The van der Waals surface area contributed by atoms with Gasteiger partial charge in [0.25, 0.3) is 0 Å². The van der Waals surface area contributed by atoms with Crippen LogP contribution in [-0.2, 0) is 14.4 Å². The fourth-order valence-corrected chi connectivity index (χ4v) is 9.12. The molecule has 4 atom stereocenters. The predicted octanol–water partition coefficient (Wildman–Crippen LogP) is 6.48. The minimum Gasteiger partial charge on any atom is -0.464 e. The normalized spacial score (nSPS) is 18.3. The van der Waals surface area contributed by atoms with Gasteiger partial charge in [-0.3, -0.25) is 19.3 Å². The zero-order chi connectivity index (χ0) is 42.8. The largest absolute Gasteiger partial charge is 0.464 e. The Morgan fingerprint density at radius 1 is 0.934 bits per heavy atom. The first-order valence-corrected chi connectivity index (χ1v) is 21.7. The molecule has 0 saturated carbocycles. The molecule has 61 heavy (non-hydrogen) atoms. The number of aliphatic hydroxyl groups excluding tert-OH is 1. The maximum absolute atomic E-state index is 14.2. The van der Waals surface area contributed by atoms with Crippen molar-refractivity contribution >= 4 is 45.7 Å². The molecule has 6 aromatic rings. The number of furan rings is 1. The quantitative estimate of drug-likeness (QED) is 0.132. The van der Waals surface area contributed by atoms with Gasteiger partial charge in [-0.1, -0.05) is 69.3 Å². The number of aromatic nitrogens is 3. The van der Waals surface area contributed by atoms with Crippen molar-refractivity contribution in [2.24, 2.45) is 5.41 Å². The van der Waals surface area contributed by atoms with E-state index in [1.54, 1.807) is 23.8 Å². The molecule has 0 spiro atoms. The van der Waals surface area contributed by atoms with E-state index < -0.39 is 23.6 Å². The molecule has 0 radical (unpaired) electrons. The first-order valence-electron chi connectivity index (χ1n) is 20.8. The number of benzene rings is 3. The first kappa shape index (κ1) is 41.8. The summed E-state index contributed by atoms with van der Waals surface area (Å²) in [5, 5.41) is 26.5. The zero-order valence-corrected chi connectivity index (χ0v) is 36.0. The van der Waals surface area contributed by atoms with Gasteiger partial charge in [-0.15, -0.1) is 11.3 Å². The maximum atomic E-state index is 14.2. The number of likely N-dealkylation sites (tertiary alicyclic amines) is 1. The number of amides is 3. The van der Waals surface area contributed by atoms with Crippen molar-refractivity contribution in [1.82, 2.24) is 35.6 Å². The molecule has 2 unspecified atom stereocenters. The molecule has 2 aliphatic rings. The van der Waals surface area contributed by atoms with Crippen LogP contribution in [0.15, 0.2) is 101 Å². The number of aliphatic hydroxyl groups is 1. The molecule has 2 fully saturated rings. The fourth-order valence-electron chi connectivity index (χ4n) is 8.30. The van der Waals surface area contributed by atoms with Crippen molar-refractivity contribution in [3.63, 3.8) is 0 Å². The van der Waals surface area contributed by atoms with Gasteiger partial charge in [0.05, 0.1) is 52.9 Å². The van der Waals surface area contributed by atoms with E-state index in [-0.39, 0.29) is 43.3 Å². The molecule has 3 aromatic heterocycles. The number of carbonyl (C=O) groups excluding carboxylic acids is 3. The lowest BCUT2D eigenvalue weighted by molar-refractivity contribution is -0.144. The van der Waals surface area contributed by atoms with E-state index in [1.165, 1.54) is 4.90 Å². The molecule has 8 rings (SSSR count). The van der Waals surface area contributed by atoms with Crippen LogP contribution in [-0.4, -0.2) is 105 Å². The standard InChI is InChI=1S/C47H52N8O5S/c1-29(31-9-11-34(12-10-31)43-30(2)48-28-61-43)50-45(58)40-24-37(56)26-55(40)46(59)44(47(3,4)5)51-41(57)27-53-18-20-54(21-19-53)36-15-13-32(14-16-36)35-23-39(52-49-25-35)38-8-6-7-33-17-22-60-42(33)38/h6-17,22-23,25,28-29,37,40,44,56H,18-21,24,26-27H2,1-5H3,(H,50,58)(H,51,57)/t29?,37-,40+,44?/m1/s1. The first-order chi connectivity index (χ1) is 29.3. The van der Waals surface area contributed by atoms with Crippen LogP contribution in [0.2, 0.25) is 0 Å². The minimum absolute atomic E-state index is 0.0166. The van der Waals surface area contributed by atoms with Gasteiger partial charge in [0.15, 0.2) is 0 Å². The number of nitrogens with zero attached hydrogens (tertiary/aromatic N) is 6. The molecule has 2 aliphatic heterocycles. The van der Waals surface area contributed by atoms with Crippen LogP contribution < -0.4 is 15.5 Å². The van der Waals surface area contributed by atoms with Gasteiger partial charge >= 0.3 is 0 Å². The third kappa shape index (κ3) is 9.21. The Labute approximate surface area is 359 Å². The lowest BCUT2D eigenvalue weighted by Gasteiger charge is -2.37. The van der Waals surface area contributed by atoms with Crippen LogP contribution >= 0.6 is 11.3 Å². The van der Waals surface area contributed by atoms with Crippen molar-refractivity contribution < 1.29 is 23.9 Å². The lowest BCUT2D eigenvalue weighted by atomic mass is 9.85. The number of anilines is 1. The summed E-state index contributed by atoms with van der Waals surface area (Å²) >= 11 is 1.59. The molecule has 316 valence electrons. The van der Waals surface area contributed by atoms with Crippen LogP contribution in [0.4, 0.5) is 5.69 Å². The number of β-amino-alcohol motifs (C(OH)–C–C–N with tert-alkyl or cyclic N) is 1. The van der Waals surface area contributed by atoms with Crippen molar-refractivity contribution in [2.75, 3.05) is 44.2 Å². The highest BCUT2D eigenvalue weighted by Crippen LogP contribution is 2.32. The number of para-hydroxylation sites is 1. The van der Waals surface area contributed by atoms with Crippen LogP contribution in [0, 0.1) is 12.3 Å². The zero-order valence-electron chi connectivity index (χ0n) is 35.2. The molecule has 0 aliphatic carbocycles. The average molecular weight is 841 g/mol. The number of aryl methyl sites for hydroxylation is 1. The molecule has 0 bridgehead atoms. The van der Waals surface area contributed by atoms with E-state index in [2.05, 4.69) is 59.9 Å². The molecule has 2 saturated heterocycles. The summed E-state index contributed by atoms with van der Waals surface area (Å²) in [4.78, 5) is 52.8. The Hall–Kier alpha value is -5.96. The fraction of sp³-hybridized carbons (Fsp3) is 0.362. The van der Waals surface area contributed by atoms with E-state index in [4.69, 9.17) is 4.42 Å². The van der Waals surface area contributed by atoms with Gasteiger partial charge < -0.3 is 30.0 Å². The molecule has 13 nitrogen and oxygen atoms in total. The second-order valence-corrected chi connectivity index (χ2v) is 18.0. The Kier molecular flexibility index (Phi) is 12.0. The molecular formula is C47H52N8O5S. The molecule has 5 heterocycles. The highest BCUT2D eigenvalue weighted by Gasteiger charge is 2.45. The summed E-state index contributed by atoms with van der Waals surface area (Å²) in [6, 6.07) is 24.2. The number of carbonyl (C=O) groups is 3. The Morgan fingerprint density at radius 2 is 1.67 bits per heavy atom. The molecule has 3 aromatic carbocycles. The summed E-state index contributed by atoms with van der Waals surface area (Å²) < 4.78 is 5.73. The highest BCUT2D eigenvalue weighted by atomic mass is 32.1. The summed E-state index contributed by atoms with van der Waals surface area (Å²) in [5.41, 5.74) is 9.63. The topological polar surface area (TPSA) is 157 Å². The second-order valence-electron chi connectivity index (χ2n) is 17.2. The van der Waals surface area contributed by atoms with Gasteiger partial charge in [-0.2, -0.15) is 10.2 Å². The molecule has 3 N–H and O–H groups in total. The van der Waals surface area contributed by atoms with Gasteiger partial charge in [-0.25, -0.2) is 4.98 Å². The highest BCUT2D eigenvalue weighted by molar-refractivity contribution is 7.13. The summed E-state index contributed by atoms with van der Waals surface area (Å²) in [7, 11) is 0. The number of rotatable bonds is 11. The van der Waals surface area contributed by atoms with Crippen molar-refractivity contribution in [2.45, 2.75) is 65.3 Å². The third-order valence-corrected chi connectivity index (χ3v) is 12.8. The summed E-state index contributed by atoms with van der Waals surface area (Å²) in [5.74, 6) is -0.976. The van der Waals surface area contributed by atoms with Crippen LogP contribution in [0.5, 0.6) is 0 Å². The SMILES string of the molecule is Cc1ncsc1-c1ccc(C(C)NC(=O)[C@@H]2C[C@@H](O)CN2C(=O)C(NC(=O)CN2CCN(c3ccc(-c4cnnc(-c5cccc6ccoc56)c4)cc3)CC2)C(C)(C)C)cc1. The van der Waals surface area contributed by atoms with Crippen molar-refractivity contribution in [3.8, 4) is 32.8 Å². The number of hydrogen-bond donors (Lipinski definition) is 3. The number of hydrogen-bond acceptors (Lipinski definition) is 11. The van der Waals surface area contributed by atoms with Crippen molar-refractivity contribution in [1.29, 1.82) is 0 Å². The lowest BCUT2D eigenvalue weighted by Crippen LogP contribution is -2.59. The van der Waals surface area contributed by atoms with Gasteiger partial charge in [0, 0.05) is 61.3 Å². The molecule has 14 heteroatoms. The Bertz CT molecular complexity index is 2500. The van der Waals surface area contributed by atoms with Crippen LogP contribution in [0.3, 0.4) is 0 Å². The number of nitrogens with one attached hydrogen (secondary N) is 2. The molecule has 3 amide bonds. The average Bonchev–Trinajstić information content (AvgIpc) is 4.02. The third-order valence-electron chi connectivity index (χ3n) is 11.8. The van der Waals surface area contributed by atoms with E-state index in [9.17, 15) is 19.5 Å². The van der Waals surface area contributed by atoms with E-state index in [0.717, 1.165) is 73.8 Å². The predicted molar refractivity (Wildman–Crippen MR) is 238 cm³/mol. The van der Waals surface area contributed by atoms with Gasteiger partial charge in [0.1, 0.15) is 17.7 Å². The number of piperazine rings is 1. The van der Waals surface area contributed by atoms with Gasteiger partial charge in [0.2, 0.25) is 17.7 Å². The van der Waals surface area contributed by atoms with Crippen LogP contribution in [0.1, 0.15) is 51.4 Å². The van der Waals surface area contributed by atoms with E-state index >= 15 is 0 Å². The minimum atomic E-state index is -0.897. The summed E-state index contributed by atoms with van der Waals surface area (Å²) in [6.07, 6.45) is 2.72. The number of fused-ring (bicyclic) bond motifs is 1. The molecular weight excluding hydrogens is 789 g/mol. The smallest absolute Gasteiger partial charge is 0.246 e.